The van der Waals surface area contributed by atoms with E-state index in [1.165, 1.54) is 19.3 Å². The van der Waals surface area contributed by atoms with Crippen LogP contribution in [0.4, 0.5) is 0 Å². The molecule has 1 heterocycles. The molecule has 2 atom stereocenters. The van der Waals surface area contributed by atoms with Gasteiger partial charge in [0.15, 0.2) is 0 Å². The molecule has 3 N–H and O–H groups in total. The summed E-state index contributed by atoms with van der Waals surface area (Å²) in [6.07, 6.45) is 4.41. The summed E-state index contributed by atoms with van der Waals surface area (Å²) in [5, 5.41) is 0. The Morgan fingerprint density at radius 1 is 1.60 bits per heavy atom. The third-order valence-corrected chi connectivity index (χ3v) is 3.75. The number of carbonyl (C=O) groups excluding carboxylic acids is 1. The molecular formula is C11H23N3O. The van der Waals surface area contributed by atoms with Crippen molar-refractivity contribution < 1.29 is 4.79 Å². The van der Waals surface area contributed by atoms with E-state index in [0.717, 1.165) is 13.0 Å². The summed E-state index contributed by atoms with van der Waals surface area (Å²) >= 11 is 0. The number of hydrogen-bond acceptors (Lipinski definition) is 3. The minimum atomic E-state index is -0.450. The summed E-state index contributed by atoms with van der Waals surface area (Å²) in [4.78, 5) is 14.1. The standard InChI is InChI=1S/C11H23N3O/c1-4-11(3,10(15)13-12)14-8-6-5-7-9(14)2/h9H,4-8,12H2,1-3H3,(H,13,15)/t9-,11-/m0/s1. The van der Waals surface area contributed by atoms with Crippen molar-refractivity contribution in [3.05, 3.63) is 0 Å². The normalized spacial score (nSPS) is 27.1. The molecule has 1 aliphatic rings. The van der Waals surface area contributed by atoms with E-state index >= 15 is 0 Å². The monoisotopic (exact) mass is 213 g/mol. The molecule has 0 spiro atoms. The van der Waals surface area contributed by atoms with Crippen molar-refractivity contribution in [3.63, 3.8) is 0 Å². The molecule has 4 nitrogen and oxygen atoms in total. The molecule has 0 aromatic carbocycles. The van der Waals surface area contributed by atoms with Crippen molar-refractivity contribution >= 4 is 5.91 Å². The fourth-order valence-corrected chi connectivity index (χ4v) is 2.48. The van der Waals surface area contributed by atoms with Gasteiger partial charge in [0.2, 0.25) is 0 Å². The highest BCUT2D eigenvalue weighted by molar-refractivity contribution is 5.85. The van der Waals surface area contributed by atoms with E-state index in [-0.39, 0.29) is 5.91 Å². The lowest BCUT2D eigenvalue weighted by atomic mass is 9.89. The van der Waals surface area contributed by atoms with Crippen LogP contribution in [0.25, 0.3) is 0 Å². The van der Waals surface area contributed by atoms with E-state index in [9.17, 15) is 4.79 Å². The Morgan fingerprint density at radius 3 is 2.73 bits per heavy atom. The van der Waals surface area contributed by atoms with E-state index in [2.05, 4.69) is 17.2 Å². The zero-order valence-corrected chi connectivity index (χ0v) is 10.0. The second-order valence-corrected chi connectivity index (χ2v) is 4.64. The van der Waals surface area contributed by atoms with E-state index in [0.29, 0.717) is 6.04 Å². The fourth-order valence-electron chi connectivity index (χ4n) is 2.48. The molecule has 0 unspecified atom stereocenters. The van der Waals surface area contributed by atoms with Crippen molar-refractivity contribution in [2.75, 3.05) is 6.54 Å². The molecule has 0 saturated carbocycles. The fraction of sp³-hybridized carbons (Fsp3) is 0.909. The Kier molecular flexibility index (Phi) is 4.11. The Balaban J connectivity index is 2.83. The third kappa shape index (κ3) is 2.32. The molecule has 0 aromatic heterocycles. The molecular weight excluding hydrogens is 190 g/mol. The van der Waals surface area contributed by atoms with Crippen molar-refractivity contribution in [3.8, 4) is 0 Å². The SMILES string of the molecule is CC[C@@](C)(C(=O)NN)N1CCCC[C@@H]1C. The first kappa shape index (κ1) is 12.5. The van der Waals surface area contributed by atoms with Gasteiger partial charge in [-0.1, -0.05) is 13.3 Å². The lowest BCUT2D eigenvalue weighted by molar-refractivity contribution is -0.135. The number of amides is 1. The van der Waals surface area contributed by atoms with Gasteiger partial charge in [-0.05, 0) is 39.7 Å². The number of rotatable bonds is 3. The van der Waals surface area contributed by atoms with Gasteiger partial charge >= 0.3 is 0 Å². The second-order valence-electron chi connectivity index (χ2n) is 4.64. The molecule has 1 saturated heterocycles. The van der Waals surface area contributed by atoms with E-state index in [4.69, 9.17) is 5.84 Å². The highest BCUT2D eigenvalue weighted by Crippen LogP contribution is 2.28. The van der Waals surface area contributed by atoms with Crippen LogP contribution in [0.1, 0.15) is 46.5 Å². The Bertz CT molecular complexity index is 232. The van der Waals surface area contributed by atoms with Gasteiger partial charge in [0.25, 0.3) is 5.91 Å². The summed E-state index contributed by atoms with van der Waals surface area (Å²) in [5.74, 6) is 5.19. The van der Waals surface area contributed by atoms with Gasteiger partial charge in [-0.25, -0.2) is 5.84 Å². The van der Waals surface area contributed by atoms with E-state index in [1.807, 2.05) is 13.8 Å². The molecule has 1 fully saturated rings. The summed E-state index contributed by atoms with van der Waals surface area (Å²) in [6, 6.07) is 0.473. The topological polar surface area (TPSA) is 58.4 Å². The highest BCUT2D eigenvalue weighted by Gasteiger charge is 2.40. The molecule has 1 aliphatic heterocycles. The Morgan fingerprint density at radius 2 is 2.27 bits per heavy atom. The molecule has 0 bridgehead atoms. The second kappa shape index (κ2) is 4.94. The maximum Gasteiger partial charge on any atom is 0.254 e. The van der Waals surface area contributed by atoms with Crippen LogP contribution in [0.2, 0.25) is 0 Å². The largest absolute Gasteiger partial charge is 0.293 e. The van der Waals surface area contributed by atoms with Crippen LogP contribution in [0, 0.1) is 0 Å². The van der Waals surface area contributed by atoms with Gasteiger partial charge in [0, 0.05) is 6.04 Å². The van der Waals surface area contributed by atoms with Crippen LogP contribution < -0.4 is 11.3 Å². The van der Waals surface area contributed by atoms with E-state index < -0.39 is 5.54 Å². The number of hydrazine groups is 1. The zero-order valence-electron chi connectivity index (χ0n) is 10.0. The zero-order chi connectivity index (χ0) is 11.5. The van der Waals surface area contributed by atoms with Gasteiger partial charge in [-0.2, -0.15) is 0 Å². The van der Waals surface area contributed by atoms with Crippen molar-refractivity contribution in [1.29, 1.82) is 0 Å². The Hall–Kier alpha value is -0.610. The minimum Gasteiger partial charge on any atom is -0.293 e. The smallest absolute Gasteiger partial charge is 0.254 e. The van der Waals surface area contributed by atoms with Gasteiger partial charge < -0.3 is 0 Å². The number of carbonyl (C=O) groups is 1. The van der Waals surface area contributed by atoms with Gasteiger partial charge in [0.1, 0.15) is 0 Å². The lowest BCUT2D eigenvalue weighted by Crippen LogP contribution is -2.61. The summed E-state index contributed by atoms with van der Waals surface area (Å²) in [5.41, 5.74) is 1.84. The van der Waals surface area contributed by atoms with Crippen molar-refractivity contribution in [2.24, 2.45) is 5.84 Å². The highest BCUT2D eigenvalue weighted by atomic mass is 16.2. The molecule has 1 amide bonds. The number of nitrogens with one attached hydrogen (secondary N) is 1. The first-order valence-corrected chi connectivity index (χ1v) is 5.84. The first-order chi connectivity index (χ1) is 7.06. The maximum absolute atomic E-state index is 11.8. The molecule has 88 valence electrons. The first-order valence-electron chi connectivity index (χ1n) is 5.84. The average Bonchev–Trinajstić information content (AvgIpc) is 2.27. The van der Waals surface area contributed by atoms with Gasteiger partial charge in [-0.3, -0.25) is 15.1 Å². The van der Waals surface area contributed by atoms with Crippen LogP contribution in [-0.4, -0.2) is 28.9 Å². The van der Waals surface area contributed by atoms with E-state index in [1.54, 1.807) is 0 Å². The molecule has 0 aromatic rings. The van der Waals surface area contributed by atoms with Crippen LogP contribution in [0.3, 0.4) is 0 Å². The lowest BCUT2D eigenvalue weighted by Gasteiger charge is -2.45. The summed E-state index contributed by atoms with van der Waals surface area (Å²) in [6.45, 7) is 7.21. The number of piperidine rings is 1. The Labute approximate surface area is 92.2 Å². The van der Waals surface area contributed by atoms with Gasteiger partial charge in [-0.15, -0.1) is 0 Å². The summed E-state index contributed by atoms with van der Waals surface area (Å²) < 4.78 is 0. The molecule has 15 heavy (non-hydrogen) atoms. The average molecular weight is 213 g/mol. The number of nitrogens with two attached hydrogens (primary N) is 1. The van der Waals surface area contributed by atoms with Gasteiger partial charge in [0.05, 0.1) is 5.54 Å². The van der Waals surface area contributed by atoms with Crippen molar-refractivity contribution in [2.45, 2.75) is 58.0 Å². The van der Waals surface area contributed by atoms with Crippen molar-refractivity contribution in [1.82, 2.24) is 10.3 Å². The van der Waals surface area contributed by atoms with Crippen LogP contribution >= 0.6 is 0 Å². The molecule has 1 rings (SSSR count). The summed E-state index contributed by atoms with van der Waals surface area (Å²) in [7, 11) is 0. The van der Waals surface area contributed by atoms with Crippen LogP contribution in [0.15, 0.2) is 0 Å². The minimum absolute atomic E-state index is 0.0706. The maximum atomic E-state index is 11.8. The van der Waals surface area contributed by atoms with Crippen LogP contribution in [-0.2, 0) is 4.79 Å². The molecule has 0 radical (unpaired) electrons. The predicted octanol–water partition coefficient (Wildman–Crippen LogP) is 1.02. The third-order valence-electron chi connectivity index (χ3n) is 3.75. The predicted molar refractivity (Wildman–Crippen MR) is 61.0 cm³/mol. The molecule has 4 heteroatoms. The number of nitrogens with zero attached hydrogens (tertiary/aromatic N) is 1. The van der Waals surface area contributed by atoms with Crippen LogP contribution in [0.5, 0.6) is 0 Å². The quantitative estimate of drug-likeness (QED) is 0.418. The number of likely N-dealkylation sites (tertiary alicyclic amines) is 1. The number of hydrogen-bond donors (Lipinski definition) is 2. The molecule has 0 aliphatic carbocycles.